The number of hydrogen-bond donors (Lipinski definition) is 4. The molecule has 1 aliphatic carbocycles. The summed E-state index contributed by atoms with van der Waals surface area (Å²) in [4.78, 5) is 24.8. The minimum atomic E-state index is -0.860. The normalized spacial score (nSPS) is 19.4. The SMILES string of the molecule is C[C@H](CO)Nc1ncc2nc(Nc3c(F)cc(Cl)cc3F)n([C@H]3CC[C@@H](C(N)=O)CC3)c2n1. The first kappa shape index (κ1) is 23.1. The van der Waals surface area contributed by atoms with Crippen molar-refractivity contribution in [3.63, 3.8) is 0 Å². The van der Waals surface area contributed by atoms with Crippen LogP contribution in [0, 0.1) is 17.6 Å². The number of nitrogens with two attached hydrogens (primary N) is 1. The van der Waals surface area contributed by atoms with E-state index in [2.05, 4.69) is 25.6 Å². The Morgan fingerprint density at radius 1 is 1.27 bits per heavy atom. The highest BCUT2D eigenvalue weighted by Crippen LogP contribution is 2.37. The Morgan fingerprint density at radius 2 is 1.94 bits per heavy atom. The van der Waals surface area contributed by atoms with Gasteiger partial charge < -0.3 is 21.5 Å². The highest BCUT2D eigenvalue weighted by atomic mass is 35.5. The third-order valence-corrected chi connectivity index (χ3v) is 6.01. The van der Waals surface area contributed by atoms with Crippen LogP contribution in [0.2, 0.25) is 5.02 Å². The van der Waals surface area contributed by atoms with Crippen molar-refractivity contribution in [1.29, 1.82) is 0 Å². The molecule has 12 heteroatoms. The fourth-order valence-corrected chi connectivity index (χ4v) is 4.24. The summed E-state index contributed by atoms with van der Waals surface area (Å²) in [5.74, 6) is -1.79. The number of fused-ring (bicyclic) bond motifs is 1. The number of nitrogens with one attached hydrogen (secondary N) is 2. The minimum absolute atomic E-state index is 0.0617. The van der Waals surface area contributed by atoms with Crippen molar-refractivity contribution >= 4 is 46.3 Å². The van der Waals surface area contributed by atoms with E-state index in [1.54, 1.807) is 11.5 Å². The molecule has 5 N–H and O–H groups in total. The molecule has 1 fully saturated rings. The maximum absolute atomic E-state index is 14.5. The lowest BCUT2D eigenvalue weighted by atomic mass is 9.85. The van der Waals surface area contributed by atoms with E-state index in [0.29, 0.717) is 36.8 Å². The summed E-state index contributed by atoms with van der Waals surface area (Å²) in [6.07, 6.45) is 3.89. The number of carbonyl (C=O) groups is 1. The molecular formula is C21H24ClF2N7O2. The molecule has 1 atom stereocenters. The number of aliphatic hydroxyl groups excluding tert-OH is 1. The zero-order chi connectivity index (χ0) is 23.7. The van der Waals surface area contributed by atoms with Gasteiger partial charge in [0.05, 0.1) is 12.8 Å². The van der Waals surface area contributed by atoms with E-state index >= 15 is 0 Å². The van der Waals surface area contributed by atoms with Crippen LogP contribution in [-0.4, -0.2) is 43.2 Å². The van der Waals surface area contributed by atoms with Crippen molar-refractivity contribution in [2.24, 2.45) is 11.7 Å². The van der Waals surface area contributed by atoms with E-state index in [0.717, 1.165) is 12.1 Å². The Hall–Kier alpha value is -3.05. The molecule has 0 radical (unpaired) electrons. The van der Waals surface area contributed by atoms with Gasteiger partial charge >= 0.3 is 0 Å². The number of rotatable bonds is 7. The summed E-state index contributed by atoms with van der Waals surface area (Å²) in [5, 5.41) is 15.0. The van der Waals surface area contributed by atoms with Gasteiger partial charge in [0.1, 0.15) is 11.2 Å². The third kappa shape index (κ3) is 4.83. The molecular weight excluding hydrogens is 456 g/mol. The van der Waals surface area contributed by atoms with E-state index in [1.165, 1.54) is 6.20 Å². The minimum Gasteiger partial charge on any atom is -0.394 e. The molecule has 0 aliphatic heterocycles. The van der Waals surface area contributed by atoms with Crippen molar-refractivity contribution in [3.05, 3.63) is 35.0 Å². The molecule has 0 unspecified atom stereocenters. The monoisotopic (exact) mass is 479 g/mol. The first-order chi connectivity index (χ1) is 15.8. The lowest BCUT2D eigenvalue weighted by Crippen LogP contribution is -2.29. The Morgan fingerprint density at radius 3 is 2.55 bits per heavy atom. The number of hydrogen-bond acceptors (Lipinski definition) is 7. The lowest BCUT2D eigenvalue weighted by molar-refractivity contribution is -0.122. The fraction of sp³-hybridized carbons (Fsp3) is 0.429. The van der Waals surface area contributed by atoms with Crippen LogP contribution in [-0.2, 0) is 4.79 Å². The van der Waals surface area contributed by atoms with Gasteiger partial charge in [-0.05, 0) is 44.7 Å². The Balaban J connectivity index is 1.77. The summed E-state index contributed by atoms with van der Waals surface area (Å²) in [6, 6.07) is 1.61. The van der Waals surface area contributed by atoms with Gasteiger partial charge in [0.15, 0.2) is 17.3 Å². The molecule has 2 heterocycles. The van der Waals surface area contributed by atoms with Gasteiger partial charge in [-0.1, -0.05) is 11.6 Å². The zero-order valence-electron chi connectivity index (χ0n) is 17.9. The van der Waals surface area contributed by atoms with E-state index in [4.69, 9.17) is 17.3 Å². The number of halogens is 3. The first-order valence-electron chi connectivity index (χ1n) is 10.6. The molecule has 0 saturated heterocycles. The zero-order valence-corrected chi connectivity index (χ0v) is 18.6. The van der Waals surface area contributed by atoms with Crippen molar-refractivity contribution in [2.45, 2.75) is 44.7 Å². The number of benzene rings is 1. The molecule has 4 rings (SSSR count). The van der Waals surface area contributed by atoms with E-state index in [9.17, 15) is 18.7 Å². The third-order valence-electron chi connectivity index (χ3n) is 5.79. The van der Waals surface area contributed by atoms with Gasteiger partial charge in [-0.15, -0.1) is 0 Å². The van der Waals surface area contributed by atoms with Crippen LogP contribution < -0.4 is 16.4 Å². The molecule has 3 aromatic rings. The van der Waals surface area contributed by atoms with E-state index in [1.807, 2.05) is 0 Å². The average molecular weight is 480 g/mol. The van der Waals surface area contributed by atoms with Crippen LogP contribution in [0.25, 0.3) is 11.2 Å². The first-order valence-corrected chi connectivity index (χ1v) is 11.0. The maximum Gasteiger partial charge on any atom is 0.225 e. The molecule has 1 aliphatic rings. The van der Waals surface area contributed by atoms with Crippen molar-refractivity contribution in [3.8, 4) is 0 Å². The van der Waals surface area contributed by atoms with Gasteiger partial charge in [-0.2, -0.15) is 4.98 Å². The van der Waals surface area contributed by atoms with Crippen LogP contribution in [0.4, 0.5) is 26.4 Å². The fourth-order valence-electron chi connectivity index (χ4n) is 4.05. The smallest absolute Gasteiger partial charge is 0.225 e. The summed E-state index contributed by atoms with van der Waals surface area (Å²) in [6.45, 7) is 1.66. The number of amides is 1. The van der Waals surface area contributed by atoms with Gasteiger partial charge in [-0.25, -0.2) is 18.7 Å². The second-order valence-electron chi connectivity index (χ2n) is 8.21. The Kier molecular flexibility index (Phi) is 6.61. The molecule has 33 heavy (non-hydrogen) atoms. The standard InChI is InChI=1S/C21H24ClF2N7O2/c1-10(9-32)27-20-26-8-16-19(30-20)31(13-4-2-11(3-5-13)18(25)33)21(28-16)29-17-14(23)6-12(22)7-15(17)24/h6-8,10-11,13,32H,2-5,9H2,1H3,(H2,25,33)(H,28,29)(H,26,27,30)/t10-,11-,13+/m1/s1. The topological polar surface area (TPSA) is 131 Å². The van der Waals surface area contributed by atoms with Crippen molar-refractivity contribution in [2.75, 3.05) is 17.2 Å². The molecule has 0 bridgehead atoms. The number of aliphatic hydroxyl groups is 1. The second kappa shape index (κ2) is 9.44. The number of nitrogens with zero attached hydrogens (tertiary/aromatic N) is 4. The largest absolute Gasteiger partial charge is 0.394 e. The average Bonchev–Trinajstić information content (AvgIpc) is 3.13. The predicted octanol–water partition coefficient (Wildman–Crippen LogP) is 3.51. The Bertz CT molecular complexity index is 1160. The molecule has 2 aromatic heterocycles. The molecule has 1 aromatic carbocycles. The van der Waals surface area contributed by atoms with Crippen molar-refractivity contribution < 1.29 is 18.7 Å². The van der Waals surface area contributed by atoms with E-state index < -0.39 is 11.6 Å². The summed E-state index contributed by atoms with van der Waals surface area (Å²) < 4.78 is 30.7. The van der Waals surface area contributed by atoms with E-state index in [-0.39, 0.29) is 53.1 Å². The van der Waals surface area contributed by atoms with Crippen LogP contribution in [0.1, 0.15) is 38.6 Å². The number of anilines is 3. The number of imidazole rings is 1. The highest BCUT2D eigenvalue weighted by molar-refractivity contribution is 6.30. The lowest BCUT2D eigenvalue weighted by Gasteiger charge is -2.29. The quantitative estimate of drug-likeness (QED) is 0.407. The molecule has 9 nitrogen and oxygen atoms in total. The number of aromatic nitrogens is 4. The van der Waals surface area contributed by atoms with Crippen LogP contribution >= 0.6 is 11.6 Å². The van der Waals surface area contributed by atoms with Gasteiger partial charge in [0, 0.05) is 23.0 Å². The summed E-state index contributed by atoms with van der Waals surface area (Å²) >= 11 is 5.74. The van der Waals surface area contributed by atoms with Crippen LogP contribution in [0.15, 0.2) is 18.3 Å². The molecule has 176 valence electrons. The summed E-state index contributed by atoms with van der Waals surface area (Å²) in [5.41, 5.74) is 5.96. The predicted molar refractivity (Wildman–Crippen MR) is 120 cm³/mol. The Labute approximate surface area is 193 Å². The number of carbonyl (C=O) groups excluding carboxylic acids is 1. The second-order valence-corrected chi connectivity index (χ2v) is 8.65. The molecule has 1 saturated carbocycles. The van der Waals surface area contributed by atoms with Gasteiger partial charge in [0.25, 0.3) is 0 Å². The highest BCUT2D eigenvalue weighted by Gasteiger charge is 2.29. The molecule has 0 spiro atoms. The van der Waals surface area contributed by atoms with Crippen LogP contribution in [0.5, 0.6) is 0 Å². The summed E-state index contributed by atoms with van der Waals surface area (Å²) in [7, 11) is 0. The van der Waals surface area contributed by atoms with Crippen LogP contribution in [0.3, 0.4) is 0 Å². The number of primary amides is 1. The van der Waals surface area contributed by atoms with Gasteiger partial charge in [-0.3, -0.25) is 9.36 Å². The molecule has 1 amide bonds. The maximum atomic E-state index is 14.5. The van der Waals surface area contributed by atoms with Gasteiger partial charge in [0.2, 0.25) is 17.8 Å². The van der Waals surface area contributed by atoms with Crippen molar-refractivity contribution in [1.82, 2.24) is 19.5 Å².